The van der Waals surface area contributed by atoms with Gasteiger partial charge in [-0.1, -0.05) is 6.08 Å². The Labute approximate surface area is 98.2 Å². The summed E-state index contributed by atoms with van der Waals surface area (Å²) in [4.78, 5) is 12.2. The molecule has 0 bridgehead atoms. The van der Waals surface area contributed by atoms with Gasteiger partial charge in [0.1, 0.15) is 11.1 Å². The molecular weight excluding hydrogens is 202 g/mol. The smallest absolute Gasteiger partial charge is 0.327 e. The van der Waals surface area contributed by atoms with Gasteiger partial charge >= 0.3 is 5.97 Å². The molecule has 0 aromatic rings. The first-order valence-corrected chi connectivity index (χ1v) is 5.99. The van der Waals surface area contributed by atoms with Crippen molar-refractivity contribution in [3.05, 3.63) is 12.7 Å². The molecule has 0 radical (unpaired) electrons. The quantitative estimate of drug-likeness (QED) is 0.592. The van der Waals surface area contributed by atoms with Crippen molar-refractivity contribution in [2.24, 2.45) is 0 Å². The van der Waals surface area contributed by atoms with Crippen molar-refractivity contribution in [1.29, 1.82) is 0 Å². The lowest BCUT2D eigenvalue weighted by molar-refractivity contribution is -0.164. The van der Waals surface area contributed by atoms with E-state index in [0.717, 1.165) is 25.8 Å². The number of hydrogen-bond acceptors (Lipinski definition) is 3. The topological polar surface area (TPSA) is 38.3 Å². The summed E-state index contributed by atoms with van der Waals surface area (Å²) in [6.45, 7) is 10.3. The van der Waals surface area contributed by atoms with Gasteiger partial charge in [0.25, 0.3) is 0 Å². The fraction of sp³-hybridized carbons (Fsp3) is 0.769. The highest BCUT2D eigenvalue weighted by Crippen LogP contribution is 2.26. The van der Waals surface area contributed by atoms with Gasteiger partial charge in [0.2, 0.25) is 0 Å². The van der Waals surface area contributed by atoms with Crippen LogP contribution in [0.5, 0.6) is 0 Å². The predicted octanol–water partition coefficient (Wildman–Crippen LogP) is 2.42. The zero-order valence-corrected chi connectivity index (χ0v) is 10.6. The van der Waals surface area contributed by atoms with Crippen LogP contribution in [0, 0.1) is 0 Å². The number of esters is 1. The summed E-state index contributed by atoms with van der Waals surface area (Å²) >= 11 is 0. The maximum Gasteiger partial charge on any atom is 0.327 e. The lowest BCUT2D eigenvalue weighted by Crippen LogP contribution is -2.56. The van der Waals surface area contributed by atoms with E-state index in [9.17, 15) is 4.79 Å². The Hall–Kier alpha value is -0.830. The van der Waals surface area contributed by atoms with Crippen molar-refractivity contribution in [3.8, 4) is 0 Å². The van der Waals surface area contributed by atoms with Crippen LogP contribution in [0.3, 0.4) is 0 Å². The van der Waals surface area contributed by atoms with Crippen LogP contribution in [0.2, 0.25) is 0 Å². The van der Waals surface area contributed by atoms with Gasteiger partial charge in [0, 0.05) is 0 Å². The number of carbonyl (C=O) groups is 1. The van der Waals surface area contributed by atoms with E-state index in [1.165, 1.54) is 0 Å². The van der Waals surface area contributed by atoms with Crippen molar-refractivity contribution < 1.29 is 9.53 Å². The van der Waals surface area contributed by atoms with Crippen LogP contribution in [0.15, 0.2) is 12.7 Å². The van der Waals surface area contributed by atoms with Crippen molar-refractivity contribution in [2.75, 3.05) is 6.54 Å². The molecule has 1 atom stereocenters. The maximum atomic E-state index is 12.2. The van der Waals surface area contributed by atoms with E-state index in [1.54, 1.807) is 6.08 Å². The van der Waals surface area contributed by atoms with Gasteiger partial charge in [0.15, 0.2) is 0 Å². The molecule has 0 aromatic heterocycles. The van der Waals surface area contributed by atoms with Crippen molar-refractivity contribution in [3.63, 3.8) is 0 Å². The molecule has 1 fully saturated rings. The number of nitrogens with one attached hydrogen (secondary N) is 1. The zero-order valence-electron chi connectivity index (χ0n) is 10.6. The third-order valence-corrected chi connectivity index (χ3v) is 2.78. The van der Waals surface area contributed by atoms with Crippen molar-refractivity contribution >= 4 is 5.97 Å². The summed E-state index contributed by atoms with van der Waals surface area (Å²) in [5, 5.41) is 3.31. The van der Waals surface area contributed by atoms with E-state index in [1.807, 2.05) is 20.8 Å². The molecule has 0 saturated carbocycles. The third kappa shape index (κ3) is 3.34. The largest absolute Gasteiger partial charge is 0.459 e. The fourth-order valence-electron chi connectivity index (χ4n) is 2.02. The highest BCUT2D eigenvalue weighted by molar-refractivity contribution is 5.81. The number of rotatable bonds is 3. The van der Waals surface area contributed by atoms with Gasteiger partial charge in [0.05, 0.1) is 0 Å². The SMILES string of the molecule is C=CCC1(C(=O)OC(C)(C)C)CCCCN1. The first-order valence-electron chi connectivity index (χ1n) is 5.99. The van der Waals surface area contributed by atoms with Crippen LogP contribution in [0.4, 0.5) is 0 Å². The second kappa shape index (κ2) is 5.00. The molecule has 1 heterocycles. The number of carbonyl (C=O) groups excluding carboxylic acids is 1. The van der Waals surface area contributed by atoms with E-state index in [2.05, 4.69) is 11.9 Å². The van der Waals surface area contributed by atoms with Gasteiger partial charge in [-0.15, -0.1) is 6.58 Å². The first kappa shape index (κ1) is 13.2. The molecule has 0 amide bonds. The van der Waals surface area contributed by atoms with Gasteiger partial charge in [-0.2, -0.15) is 0 Å². The minimum absolute atomic E-state index is 0.139. The molecule has 92 valence electrons. The standard InChI is InChI=1S/C13H23NO2/c1-5-8-13(9-6-7-10-14-13)11(15)16-12(2,3)4/h5,14H,1,6-10H2,2-4H3. The second-order valence-corrected chi connectivity index (χ2v) is 5.46. The van der Waals surface area contributed by atoms with Gasteiger partial charge in [-0.05, 0) is 53.0 Å². The molecule has 1 aliphatic heterocycles. The van der Waals surface area contributed by atoms with E-state index in [-0.39, 0.29) is 5.97 Å². The maximum absolute atomic E-state index is 12.2. The van der Waals surface area contributed by atoms with Crippen LogP contribution in [0.25, 0.3) is 0 Å². The molecule has 1 unspecified atom stereocenters. The molecule has 1 aliphatic rings. The number of ether oxygens (including phenoxy) is 1. The summed E-state index contributed by atoms with van der Waals surface area (Å²) in [5.74, 6) is -0.139. The van der Waals surface area contributed by atoms with Crippen LogP contribution in [-0.2, 0) is 9.53 Å². The normalized spacial score (nSPS) is 26.2. The summed E-state index contributed by atoms with van der Waals surface area (Å²) in [6.07, 6.45) is 5.47. The Kier molecular flexibility index (Phi) is 4.14. The van der Waals surface area contributed by atoms with Gasteiger partial charge in [-0.3, -0.25) is 4.79 Å². The summed E-state index contributed by atoms with van der Waals surface area (Å²) in [7, 11) is 0. The molecule has 1 rings (SSSR count). The molecule has 16 heavy (non-hydrogen) atoms. The fourth-order valence-corrected chi connectivity index (χ4v) is 2.02. The van der Waals surface area contributed by atoms with Crippen LogP contribution < -0.4 is 5.32 Å². The van der Waals surface area contributed by atoms with E-state index in [0.29, 0.717) is 6.42 Å². The summed E-state index contributed by atoms with van der Waals surface area (Å²) < 4.78 is 5.48. The Balaban J connectivity index is 2.75. The van der Waals surface area contributed by atoms with Crippen LogP contribution in [-0.4, -0.2) is 23.7 Å². The lowest BCUT2D eigenvalue weighted by Gasteiger charge is -2.37. The van der Waals surface area contributed by atoms with Crippen LogP contribution in [0.1, 0.15) is 46.5 Å². The highest BCUT2D eigenvalue weighted by Gasteiger charge is 2.41. The molecule has 3 nitrogen and oxygen atoms in total. The number of hydrogen-bond donors (Lipinski definition) is 1. The van der Waals surface area contributed by atoms with Crippen molar-refractivity contribution in [2.45, 2.75) is 57.6 Å². The average Bonchev–Trinajstić information content (AvgIpc) is 2.17. The predicted molar refractivity (Wildman–Crippen MR) is 65.2 cm³/mol. The van der Waals surface area contributed by atoms with E-state index >= 15 is 0 Å². The Morgan fingerprint density at radius 3 is 2.62 bits per heavy atom. The molecule has 3 heteroatoms. The van der Waals surface area contributed by atoms with Gasteiger partial charge in [-0.25, -0.2) is 0 Å². The molecule has 1 N–H and O–H groups in total. The molecule has 0 aromatic carbocycles. The Bertz CT molecular complexity index is 260. The molecule has 0 aliphatic carbocycles. The second-order valence-electron chi connectivity index (χ2n) is 5.46. The Morgan fingerprint density at radius 1 is 1.50 bits per heavy atom. The summed E-state index contributed by atoms with van der Waals surface area (Å²) in [6, 6.07) is 0. The third-order valence-electron chi connectivity index (χ3n) is 2.78. The van der Waals surface area contributed by atoms with E-state index < -0.39 is 11.1 Å². The highest BCUT2D eigenvalue weighted by atomic mass is 16.6. The molecular formula is C13H23NO2. The molecule has 1 saturated heterocycles. The van der Waals surface area contributed by atoms with Gasteiger partial charge < -0.3 is 10.1 Å². The monoisotopic (exact) mass is 225 g/mol. The van der Waals surface area contributed by atoms with Crippen LogP contribution >= 0.6 is 0 Å². The minimum atomic E-state index is -0.534. The van der Waals surface area contributed by atoms with Crippen molar-refractivity contribution in [1.82, 2.24) is 5.32 Å². The van der Waals surface area contributed by atoms with E-state index in [4.69, 9.17) is 4.74 Å². The zero-order chi connectivity index (χ0) is 12.2. The molecule has 0 spiro atoms. The first-order chi connectivity index (χ1) is 7.40. The summed E-state index contributed by atoms with van der Waals surface area (Å²) in [5.41, 5.74) is -0.961. The number of piperidine rings is 1. The average molecular weight is 225 g/mol. The minimum Gasteiger partial charge on any atom is -0.459 e. The Morgan fingerprint density at radius 2 is 2.19 bits per heavy atom. The lowest BCUT2D eigenvalue weighted by atomic mass is 9.85.